The molecule has 0 amide bonds. The Labute approximate surface area is 105 Å². The SMILES string of the molecule is Cc1ccncc1-c1nc(C)c(CCO)c(=O)[nH]1. The fourth-order valence-electron chi connectivity index (χ4n) is 1.86. The molecule has 18 heavy (non-hydrogen) atoms. The third-order valence-electron chi connectivity index (χ3n) is 2.88. The minimum absolute atomic E-state index is 0.0587. The number of aliphatic hydroxyl groups excluding tert-OH is 1. The van der Waals surface area contributed by atoms with Crippen molar-refractivity contribution in [3.8, 4) is 11.4 Å². The Morgan fingerprint density at radius 3 is 2.78 bits per heavy atom. The topological polar surface area (TPSA) is 78.9 Å². The molecule has 0 bridgehead atoms. The number of nitrogens with zero attached hydrogens (tertiary/aromatic N) is 2. The Hall–Kier alpha value is -2.01. The summed E-state index contributed by atoms with van der Waals surface area (Å²) in [5.74, 6) is 0.518. The van der Waals surface area contributed by atoms with Crippen LogP contribution in [0.1, 0.15) is 16.8 Å². The van der Waals surface area contributed by atoms with Crippen LogP contribution >= 0.6 is 0 Å². The summed E-state index contributed by atoms with van der Waals surface area (Å²) in [5.41, 5.74) is 2.79. The highest BCUT2D eigenvalue weighted by Gasteiger charge is 2.10. The van der Waals surface area contributed by atoms with E-state index < -0.39 is 0 Å². The van der Waals surface area contributed by atoms with Gasteiger partial charge in [-0.3, -0.25) is 9.78 Å². The van der Waals surface area contributed by atoms with E-state index in [0.29, 0.717) is 23.5 Å². The largest absolute Gasteiger partial charge is 0.396 e. The van der Waals surface area contributed by atoms with E-state index in [1.54, 1.807) is 19.3 Å². The summed E-state index contributed by atoms with van der Waals surface area (Å²) >= 11 is 0. The van der Waals surface area contributed by atoms with Crippen LogP contribution in [0.25, 0.3) is 11.4 Å². The molecule has 2 aromatic heterocycles. The fraction of sp³-hybridized carbons (Fsp3) is 0.308. The van der Waals surface area contributed by atoms with Crippen molar-refractivity contribution in [1.82, 2.24) is 15.0 Å². The normalized spacial score (nSPS) is 10.6. The lowest BCUT2D eigenvalue weighted by molar-refractivity contribution is 0.298. The second kappa shape index (κ2) is 5.10. The summed E-state index contributed by atoms with van der Waals surface area (Å²) in [6.45, 7) is 3.65. The Kier molecular flexibility index (Phi) is 3.53. The van der Waals surface area contributed by atoms with Crippen molar-refractivity contribution in [1.29, 1.82) is 0 Å². The van der Waals surface area contributed by atoms with Crippen LogP contribution in [0.15, 0.2) is 23.3 Å². The lowest BCUT2D eigenvalue weighted by Gasteiger charge is -2.07. The third kappa shape index (κ3) is 2.31. The molecule has 94 valence electrons. The second-order valence-electron chi connectivity index (χ2n) is 4.14. The molecule has 5 heteroatoms. The number of rotatable bonds is 3. The highest BCUT2D eigenvalue weighted by molar-refractivity contribution is 5.58. The molecule has 2 rings (SSSR count). The van der Waals surface area contributed by atoms with Gasteiger partial charge in [-0.05, 0) is 25.5 Å². The molecule has 0 atom stereocenters. The average Bonchev–Trinajstić information content (AvgIpc) is 2.34. The van der Waals surface area contributed by atoms with Gasteiger partial charge in [-0.25, -0.2) is 4.98 Å². The van der Waals surface area contributed by atoms with Crippen molar-refractivity contribution in [2.45, 2.75) is 20.3 Å². The summed E-state index contributed by atoms with van der Waals surface area (Å²) in [6, 6.07) is 1.87. The second-order valence-corrected chi connectivity index (χ2v) is 4.14. The monoisotopic (exact) mass is 245 g/mol. The van der Waals surface area contributed by atoms with E-state index in [4.69, 9.17) is 5.11 Å². The molecular weight excluding hydrogens is 230 g/mol. The molecule has 0 fully saturated rings. The Balaban J connectivity index is 2.55. The maximum atomic E-state index is 11.9. The van der Waals surface area contributed by atoms with Crippen LogP contribution in [0.3, 0.4) is 0 Å². The number of hydrogen-bond acceptors (Lipinski definition) is 4. The summed E-state index contributed by atoms with van der Waals surface area (Å²) in [7, 11) is 0. The van der Waals surface area contributed by atoms with E-state index in [1.807, 2.05) is 13.0 Å². The van der Waals surface area contributed by atoms with Gasteiger partial charge in [0.1, 0.15) is 5.82 Å². The van der Waals surface area contributed by atoms with E-state index in [1.165, 1.54) is 0 Å². The van der Waals surface area contributed by atoms with Crippen LogP contribution in [0.5, 0.6) is 0 Å². The van der Waals surface area contributed by atoms with Crippen LogP contribution < -0.4 is 5.56 Å². The quantitative estimate of drug-likeness (QED) is 0.845. The molecule has 0 radical (unpaired) electrons. The van der Waals surface area contributed by atoms with E-state index in [2.05, 4.69) is 15.0 Å². The van der Waals surface area contributed by atoms with E-state index in [-0.39, 0.29) is 12.2 Å². The van der Waals surface area contributed by atoms with E-state index in [0.717, 1.165) is 11.1 Å². The zero-order valence-corrected chi connectivity index (χ0v) is 10.4. The molecule has 0 unspecified atom stereocenters. The van der Waals surface area contributed by atoms with E-state index >= 15 is 0 Å². The molecule has 0 aromatic carbocycles. The zero-order chi connectivity index (χ0) is 13.1. The van der Waals surface area contributed by atoms with Crippen LogP contribution in [0.2, 0.25) is 0 Å². The predicted octanol–water partition coefficient (Wildman–Crippen LogP) is 0.984. The molecule has 2 heterocycles. The molecule has 0 aliphatic carbocycles. The van der Waals surface area contributed by atoms with Gasteiger partial charge in [0.25, 0.3) is 5.56 Å². The molecule has 0 aliphatic rings. The third-order valence-corrected chi connectivity index (χ3v) is 2.88. The summed E-state index contributed by atoms with van der Waals surface area (Å²) in [4.78, 5) is 23.1. The summed E-state index contributed by atoms with van der Waals surface area (Å²) in [6.07, 6.45) is 3.70. The van der Waals surface area contributed by atoms with Crippen LogP contribution in [-0.4, -0.2) is 26.7 Å². The smallest absolute Gasteiger partial charge is 0.254 e. The lowest BCUT2D eigenvalue weighted by atomic mass is 10.1. The molecule has 2 aromatic rings. The van der Waals surface area contributed by atoms with Crippen molar-refractivity contribution in [3.05, 3.63) is 45.6 Å². The van der Waals surface area contributed by atoms with Gasteiger partial charge in [0.2, 0.25) is 0 Å². The van der Waals surface area contributed by atoms with Gasteiger partial charge in [-0.15, -0.1) is 0 Å². The first-order valence-electron chi connectivity index (χ1n) is 5.75. The van der Waals surface area contributed by atoms with Crippen molar-refractivity contribution < 1.29 is 5.11 Å². The molecular formula is C13H15N3O2. The molecule has 0 aliphatic heterocycles. The van der Waals surface area contributed by atoms with Gasteiger partial charge in [-0.1, -0.05) is 0 Å². The number of hydrogen-bond donors (Lipinski definition) is 2. The zero-order valence-electron chi connectivity index (χ0n) is 10.4. The highest BCUT2D eigenvalue weighted by Crippen LogP contribution is 2.17. The number of nitrogens with one attached hydrogen (secondary N) is 1. The van der Waals surface area contributed by atoms with E-state index in [9.17, 15) is 4.79 Å². The molecule has 0 saturated carbocycles. The Morgan fingerprint density at radius 1 is 1.39 bits per heavy atom. The minimum Gasteiger partial charge on any atom is -0.396 e. The first-order valence-corrected chi connectivity index (χ1v) is 5.75. The van der Waals surface area contributed by atoms with Crippen LogP contribution in [0.4, 0.5) is 0 Å². The maximum absolute atomic E-state index is 11.9. The summed E-state index contributed by atoms with van der Waals surface area (Å²) in [5, 5.41) is 8.91. The van der Waals surface area contributed by atoms with Gasteiger partial charge in [0, 0.05) is 42.2 Å². The standard InChI is InChI=1S/C13H15N3O2/c1-8-3-5-14-7-11(8)12-15-9(2)10(4-6-17)13(18)16-12/h3,5,7,17H,4,6H2,1-2H3,(H,15,16,18). The highest BCUT2D eigenvalue weighted by atomic mass is 16.3. The predicted molar refractivity (Wildman–Crippen MR) is 68.4 cm³/mol. The molecule has 5 nitrogen and oxygen atoms in total. The molecule has 0 spiro atoms. The maximum Gasteiger partial charge on any atom is 0.254 e. The van der Waals surface area contributed by atoms with Crippen LogP contribution in [-0.2, 0) is 6.42 Å². The first kappa shape index (κ1) is 12.4. The van der Waals surface area contributed by atoms with Crippen molar-refractivity contribution >= 4 is 0 Å². The fourth-order valence-corrected chi connectivity index (χ4v) is 1.86. The first-order chi connectivity index (χ1) is 8.63. The summed E-state index contributed by atoms with van der Waals surface area (Å²) < 4.78 is 0. The van der Waals surface area contributed by atoms with Gasteiger partial charge in [-0.2, -0.15) is 0 Å². The van der Waals surface area contributed by atoms with Crippen molar-refractivity contribution in [2.75, 3.05) is 6.61 Å². The number of aliphatic hydroxyl groups is 1. The number of aromatic nitrogens is 3. The number of aromatic amines is 1. The van der Waals surface area contributed by atoms with Crippen LogP contribution in [0, 0.1) is 13.8 Å². The minimum atomic E-state index is -0.199. The molecule has 2 N–H and O–H groups in total. The van der Waals surface area contributed by atoms with Gasteiger partial charge >= 0.3 is 0 Å². The molecule has 0 saturated heterocycles. The average molecular weight is 245 g/mol. The Bertz CT molecular complexity index is 620. The number of aryl methyl sites for hydroxylation is 2. The van der Waals surface area contributed by atoms with Crippen molar-refractivity contribution in [2.24, 2.45) is 0 Å². The number of pyridine rings is 1. The lowest BCUT2D eigenvalue weighted by Crippen LogP contribution is -2.18. The van der Waals surface area contributed by atoms with Gasteiger partial charge in [0.05, 0.1) is 0 Å². The Morgan fingerprint density at radius 2 is 2.17 bits per heavy atom. The van der Waals surface area contributed by atoms with Gasteiger partial charge < -0.3 is 10.1 Å². The number of H-pyrrole nitrogens is 1. The van der Waals surface area contributed by atoms with Crippen molar-refractivity contribution in [3.63, 3.8) is 0 Å². The van der Waals surface area contributed by atoms with Gasteiger partial charge in [0.15, 0.2) is 0 Å².